The van der Waals surface area contributed by atoms with Crippen LogP contribution in [0.3, 0.4) is 0 Å². The van der Waals surface area contributed by atoms with Gasteiger partial charge in [-0.1, -0.05) is 24.3 Å². The normalized spacial score (nSPS) is 14.2. The van der Waals surface area contributed by atoms with E-state index in [1.54, 1.807) is 11.8 Å². The predicted molar refractivity (Wildman–Crippen MR) is 133 cm³/mol. The Kier molecular flexibility index (Phi) is 6.44. The van der Waals surface area contributed by atoms with Gasteiger partial charge < -0.3 is 10.2 Å². The van der Waals surface area contributed by atoms with Crippen LogP contribution in [-0.2, 0) is 17.8 Å². The predicted octanol–water partition coefficient (Wildman–Crippen LogP) is 4.24. The summed E-state index contributed by atoms with van der Waals surface area (Å²) in [6.07, 6.45) is 6.53. The van der Waals surface area contributed by atoms with Crippen molar-refractivity contribution in [3.63, 3.8) is 0 Å². The minimum Gasteiger partial charge on any atom is -0.353 e. The van der Waals surface area contributed by atoms with Gasteiger partial charge in [-0.3, -0.25) is 9.20 Å². The number of piperidine rings is 1. The van der Waals surface area contributed by atoms with Gasteiger partial charge in [0.1, 0.15) is 5.82 Å². The number of hydrogen-bond acceptors (Lipinski definition) is 6. The maximum Gasteiger partial charge on any atom is 0.220 e. The van der Waals surface area contributed by atoms with Crippen molar-refractivity contribution >= 4 is 40.2 Å². The van der Waals surface area contributed by atoms with Crippen molar-refractivity contribution in [1.29, 1.82) is 0 Å². The number of benzene rings is 2. The van der Waals surface area contributed by atoms with Crippen molar-refractivity contribution < 1.29 is 4.79 Å². The average Bonchev–Trinajstić information content (AvgIpc) is 3.31. The first kappa shape index (κ1) is 21.7. The van der Waals surface area contributed by atoms with Crippen LogP contribution in [0.2, 0.25) is 0 Å². The molecular formula is C25H28N6OS. The number of para-hydroxylation sites is 2. The van der Waals surface area contributed by atoms with Crippen LogP contribution in [0.1, 0.15) is 37.1 Å². The van der Waals surface area contributed by atoms with E-state index >= 15 is 0 Å². The quantitative estimate of drug-likeness (QED) is 0.416. The summed E-state index contributed by atoms with van der Waals surface area (Å²) in [7, 11) is 0. The van der Waals surface area contributed by atoms with Crippen molar-refractivity contribution in [2.24, 2.45) is 0 Å². The highest BCUT2D eigenvalue weighted by molar-refractivity contribution is 7.98. The first-order valence-corrected chi connectivity index (χ1v) is 12.7. The number of amides is 1. The maximum atomic E-state index is 12.6. The molecule has 1 saturated heterocycles. The van der Waals surface area contributed by atoms with E-state index in [0.717, 1.165) is 47.0 Å². The summed E-state index contributed by atoms with van der Waals surface area (Å²) in [6, 6.07) is 16.3. The lowest BCUT2D eigenvalue weighted by Gasteiger charge is -2.28. The number of rotatable bonds is 7. The monoisotopic (exact) mass is 460 g/mol. The number of nitrogens with zero attached hydrogens (tertiary/aromatic N) is 5. The Hall–Kier alpha value is -3.13. The number of hydrogen-bond donors (Lipinski definition) is 1. The molecule has 0 bridgehead atoms. The van der Waals surface area contributed by atoms with Gasteiger partial charge in [0.05, 0.1) is 11.0 Å². The lowest BCUT2D eigenvalue weighted by molar-refractivity contribution is -0.121. The van der Waals surface area contributed by atoms with Crippen LogP contribution in [0.15, 0.2) is 53.4 Å². The average molecular weight is 461 g/mol. The van der Waals surface area contributed by atoms with Crippen molar-refractivity contribution in [3.8, 4) is 0 Å². The molecule has 1 N–H and O–H groups in total. The van der Waals surface area contributed by atoms with Crippen LogP contribution in [0, 0.1) is 0 Å². The molecule has 0 aliphatic carbocycles. The van der Waals surface area contributed by atoms with E-state index in [0.29, 0.717) is 19.4 Å². The van der Waals surface area contributed by atoms with Gasteiger partial charge in [-0.2, -0.15) is 0 Å². The standard InChI is InChI=1S/C25H28N6OS/c1-33-19-11-9-18(10-12-19)17-26-23(32)14-13-22-28-29-25-24(30-15-5-2-6-16-30)27-20-7-3-4-8-21(20)31(22)25/h3-4,7-12H,2,5-6,13-17H2,1H3,(H,26,32). The molecule has 4 aromatic rings. The number of carbonyl (C=O) groups is 1. The van der Waals surface area contributed by atoms with Gasteiger partial charge in [0.25, 0.3) is 0 Å². The van der Waals surface area contributed by atoms with E-state index in [1.807, 2.05) is 24.3 Å². The summed E-state index contributed by atoms with van der Waals surface area (Å²) in [4.78, 5) is 21.0. The number of aromatic nitrogens is 4. The molecule has 1 fully saturated rings. The van der Waals surface area contributed by atoms with Crippen LogP contribution in [-0.4, -0.2) is 44.8 Å². The zero-order valence-electron chi connectivity index (χ0n) is 18.8. The van der Waals surface area contributed by atoms with Gasteiger partial charge in [-0.25, -0.2) is 4.98 Å². The highest BCUT2D eigenvalue weighted by Gasteiger charge is 2.21. The van der Waals surface area contributed by atoms with Gasteiger partial charge >= 0.3 is 0 Å². The molecule has 1 amide bonds. The maximum absolute atomic E-state index is 12.6. The number of aryl methyl sites for hydroxylation is 1. The SMILES string of the molecule is CSc1ccc(CNC(=O)CCc2nnc3c(N4CCCCC4)nc4ccccc4n23)cc1. The van der Waals surface area contributed by atoms with Crippen molar-refractivity contribution in [3.05, 3.63) is 59.9 Å². The Bertz CT molecular complexity index is 1260. The third kappa shape index (κ3) is 4.66. The molecule has 3 heterocycles. The summed E-state index contributed by atoms with van der Waals surface area (Å²) in [5, 5.41) is 12.0. The van der Waals surface area contributed by atoms with Crippen LogP contribution < -0.4 is 10.2 Å². The molecule has 8 heteroatoms. The van der Waals surface area contributed by atoms with Crippen LogP contribution in [0.25, 0.3) is 16.7 Å². The zero-order chi connectivity index (χ0) is 22.6. The fourth-order valence-electron chi connectivity index (χ4n) is 4.36. The van der Waals surface area contributed by atoms with Crippen molar-refractivity contribution in [2.45, 2.75) is 43.5 Å². The van der Waals surface area contributed by atoms with Crippen molar-refractivity contribution in [1.82, 2.24) is 24.9 Å². The molecule has 0 spiro atoms. The smallest absolute Gasteiger partial charge is 0.220 e. The summed E-state index contributed by atoms with van der Waals surface area (Å²) in [5.74, 6) is 1.70. The number of fused-ring (bicyclic) bond motifs is 3. The molecular weight excluding hydrogens is 432 g/mol. The van der Waals surface area contributed by atoms with E-state index in [9.17, 15) is 4.79 Å². The van der Waals surface area contributed by atoms with Crippen LogP contribution in [0.5, 0.6) is 0 Å². The van der Waals surface area contributed by atoms with Gasteiger partial charge in [0.15, 0.2) is 5.82 Å². The molecule has 33 heavy (non-hydrogen) atoms. The van der Waals surface area contributed by atoms with Crippen LogP contribution >= 0.6 is 11.8 Å². The lowest BCUT2D eigenvalue weighted by atomic mass is 10.1. The molecule has 170 valence electrons. The number of carbonyl (C=O) groups excluding carboxylic acids is 1. The molecule has 0 saturated carbocycles. The Balaban J connectivity index is 1.34. The molecule has 2 aromatic carbocycles. The third-order valence-corrected chi connectivity index (χ3v) is 6.90. The van der Waals surface area contributed by atoms with E-state index in [1.165, 1.54) is 24.2 Å². The molecule has 1 aliphatic heterocycles. The van der Waals surface area contributed by atoms with E-state index in [-0.39, 0.29) is 5.91 Å². The van der Waals surface area contributed by atoms with E-state index in [2.05, 4.69) is 55.3 Å². The number of anilines is 1. The molecule has 0 atom stereocenters. The summed E-state index contributed by atoms with van der Waals surface area (Å²) in [6.45, 7) is 2.51. The lowest BCUT2D eigenvalue weighted by Crippen LogP contribution is -2.30. The molecule has 0 radical (unpaired) electrons. The largest absolute Gasteiger partial charge is 0.353 e. The first-order valence-electron chi connectivity index (χ1n) is 11.5. The summed E-state index contributed by atoms with van der Waals surface area (Å²) >= 11 is 1.71. The van der Waals surface area contributed by atoms with Gasteiger partial charge in [0, 0.05) is 37.4 Å². The van der Waals surface area contributed by atoms with Crippen LogP contribution in [0.4, 0.5) is 5.82 Å². The number of thioether (sulfide) groups is 1. The molecule has 0 unspecified atom stereocenters. The Morgan fingerprint density at radius 1 is 1.03 bits per heavy atom. The molecule has 2 aromatic heterocycles. The Labute approximate surface area is 197 Å². The van der Waals surface area contributed by atoms with Crippen molar-refractivity contribution in [2.75, 3.05) is 24.2 Å². The summed E-state index contributed by atoms with van der Waals surface area (Å²) < 4.78 is 2.08. The topological polar surface area (TPSA) is 75.4 Å². The second kappa shape index (κ2) is 9.79. The molecule has 7 nitrogen and oxygen atoms in total. The Morgan fingerprint density at radius 3 is 2.61 bits per heavy atom. The second-order valence-electron chi connectivity index (χ2n) is 8.37. The highest BCUT2D eigenvalue weighted by Crippen LogP contribution is 2.27. The second-order valence-corrected chi connectivity index (χ2v) is 9.25. The van der Waals surface area contributed by atoms with Gasteiger partial charge in [-0.15, -0.1) is 22.0 Å². The minimum atomic E-state index is 0.00955. The molecule has 5 rings (SSSR count). The minimum absolute atomic E-state index is 0.00955. The van der Waals surface area contributed by atoms with Gasteiger partial charge in [-0.05, 0) is 55.3 Å². The van der Waals surface area contributed by atoms with E-state index in [4.69, 9.17) is 4.98 Å². The first-order chi connectivity index (χ1) is 16.2. The summed E-state index contributed by atoms with van der Waals surface area (Å²) in [5.41, 5.74) is 3.77. The fourth-order valence-corrected chi connectivity index (χ4v) is 4.77. The third-order valence-electron chi connectivity index (χ3n) is 6.16. The fraction of sp³-hybridized carbons (Fsp3) is 0.360. The van der Waals surface area contributed by atoms with E-state index < -0.39 is 0 Å². The zero-order valence-corrected chi connectivity index (χ0v) is 19.6. The molecule has 1 aliphatic rings. The van der Waals surface area contributed by atoms with Gasteiger partial charge in [0.2, 0.25) is 11.6 Å². The highest BCUT2D eigenvalue weighted by atomic mass is 32.2. The Morgan fingerprint density at radius 2 is 1.82 bits per heavy atom. The number of nitrogens with one attached hydrogen (secondary N) is 1.